The fourth-order valence-electron chi connectivity index (χ4n) is 3.86. The van der Waals surface area contributed by atoms with Crippen LogP contribution in [0.15, 0.2) is 42.5 Å². The Kier molecular flexibility index (Phi) is 5.28. The molecule has 2 aliphatic rings. The van der Waals surface area contributed by atoms with Crippen LogP contribution in [-0.2, 0) is 4.79 Å². The highest BCUT2D eigenvalue weighted by atomic mass is 35.5. The SMILES string of the molecule is Cc1ccc2c(c1)C(=O)N(CCC(=O)N1CCN(c3cccc(Cl)c3)CC1)C2=O. The zero-order chi connectivity index (χ0) is 20.5. The van der Waals surface area contributed by atoms with E-state index in [1.54, 1.807) is 17.0 Å². The number of fused-ring (bicyclic) bond motifs is 1. The van der Waals surface area contributed by atoms with Crippen LogP contribution in [0.3, 0.4) is 0 Å². The Labute approximate surface area is 174 Å². The predicted molar refractivity (Wildman–Crippen MR) is 111 cm³/mol. The van der Waals surface area contributed by atoms with Crippen molar-refractivity contribution in [3.05, 3.63) is 64.2 Å². The first-order chi connectivity index (χ1) is 13.9. The highest BCUT2D eigenvalue weighted by molar-refractivity contribution is 6.30. The monoisotopic (exact) mass is 411 g/mol. The van der Waals surface area contributed by atoms with E-state index in [2.05, 4.69) is 4.90 Å². The summed E-state index contributed by atoms with van der Waals surface area (Å²) in [4.78, 5) is 42.8. The number of aryl methyl sites for hydroxylation is 1. The third-order valence-corrected chi connectivity index (χ3v) is 5.72. The second kappa shape index (κ2) is 7.87. The molecule has 0 atom stereocenters. The van der Waals surface area contributed by atoms with Gasteiger partial charge in [0.25, 0.3) is 11.8 Å². The topological polar surface area (TPSA) is 60.9 Å². The van der Waals surface area contributed by atoms with Crippen LogP contribution in [0.4, 0.5) is 5.69 Å². The number of hydrogen-bond acceptors (Lipinski definition) is 4. The number of piperazine rings is 1. The maximum Gasteiger partial charge on any atom is 0.261 e. The number of anilines is 1. The van der Waals surface area contributed by atoms with E-state index in [9.17, 15) is 14.4 Å². The van der Waals surface area contributed by atoms with E-state index in [1.807, 2.05) is 37.3 Å². The Morgan fingerprint density at radius 2 is 1.69 bits per heavy atom. The van der Waals surface area contributed by atoms with Gasteiger partial charge >= 0.3 is 0 Å². The minimum Gasteiger partial charge on any atom is -0.368 e. The molecule has 0 aromatic heterocycles. The van der Waals surface area contributed by atoms with Crippen LogP contribution in [0.1, 0.15) is 32.7 Å². The second-order valence-electron chi connectivity index (χ2n) is 7.41. The summed E-state index contributed by atoms with van der Waals surface area (Å²) in [7, 11) is 0. The van der Waals surface area contributed by atoms with Gasteiger partial charge < -0.3 is 9.80 Å². The lowest BCUT2D eigenvalue weighted by atomic mass is 10.1. The third-order valence-electron chi connectivity index (χ3n) is 5.48. The molecule has 2 heterocycles. The lowest BCUT2D eigenvalue weighted by Gasteiger charge is -2.36. The van der Waals surface area contributed by atoms with E-state index in [-0.39, 0.29) is 30.7 Å². The molecule has 6 nitrogen and oxygen atoms in total. The summed E-state index contributed by atoms with van der Waals surface area (Å²) in [6.07, 6.45) is 0.140. The van der Waals surface area contributed by atoms with Gasteiger partial charge in [0.05, 0.1) is 11.1 Å². The summed E-state index contributed by atoms with van der Waals surface area (Å²) >= 11 is 6.06. The number of benzene rings is 2. The first-order valence-electron chi connectivity index (χ1n) is 9.69. The molecule has 0 aliphatic carbocycles. The summed E-state index contributed by atoms with van der Waals surface area (Å²) in [6, 6.07) is 12.9. The highest BCUT2D eigenvalue weighted by Crippen LogP contribution is 2.24. The van der Waals surface area contributed by atoms with Crippen molar-refractivity contribution in [1.29, 1.82) is 0 Å². The second-order valence-corrected chi connectivity index (χ2v) is 7.85. The molecule has 0 N–H and O–H groups in total. The predicted octanol–water partition coefficient (Wildman–Crippen LogP) is 2.98. The molecule has 0 spiro atoms. The molecule has 0 unspecified atom stereocenters. The lowest BCUT2D eigenvalue weighted by molar-refractivity contribution is -0.131. The molecule has 1 saturated heterocycles. The largest absolute Gasteiger partial charge is 0.368 e. The van der Waals surface area contributed by atoms with Gasteiger partial charge in [-0.05, 0) is 37.3 Å². The van der Waals surface area contributed by atoms with Crippen molar-refractivity contribution < 1.29 is 14.4 Å². The maximum absolute atomic E-state index is 12.6. The standard InChI is InChI=1S/C22H22ClN3O3/c1-15-5-6-18-19(13-15)22(29)26(21(18)28)8-7-20(27)25-11-9-24(10-12-25)17-4-2-3-16(23)14-17/h2-6,13-14H,7-12H2,1H3. The van der Waals surface area contributed by atoms with Crippen molar-refractivity contribution >= 4 is 35.0 Å². The molecular weight excluding hydrogens is 390 g/mol. The fourth-order valence-corrected chi connectivity index (χ4v) is 4.04. The molecule has 0 radical (unpaired) electrons. The fraction of sp³-hybridized carbons (Fsp3) is 0.318. The molecule has 2 aromatic carbocycles. The summed E-state index contributed by atoms with van der Waals surface area (Å²) in [5.74, 6) is -0.667. The Balaban J connectivity index is 1.32. The summed E-state index contributed by atoms with van der Waals surface area (Å²) < 4.78 is 0. The Morgan fingerprint density at radius 1 is 0.966 bits per heavy atom. The van der Waals surface area contributed by atoms with Crippen LogP contribution in [0.5, 0.6) is 0 Å². The minimum atomic E-state index is -0.316. The molecule has 1 fully saturated rings. The van der Waals surface area contributed by atoms with Gasteiger partial charge in [0, 0.05) is 49.9 Å². The van der Waals surface area contributed by atoms with Gasteiger partial charge in [0.15, 0.2) is 0 Å². The van der Waals surface area contributed by atoms with Gasteiger partial charge in [-0.15, -0.1) is 0 Å². The average molecular weight is 412 g/mol. The van der Waals surface area contributed by atoms with E-state index in [1.165, 1.54) is 4.90 Å². The third kappa shape index (κ3) is 3.85. The van der Waals surface area contributed by atoms with Crippen LogP contribution < -0.4 is 4.90 Å². The normalized spacial score (nSPS) is 16.4. The van der Waals surface area contributed by atoms with Gasteiger partial charge in [-0.2, -0.15) is 0 Å². The quantitative estimate of drug-likeness (QED) is 0.726. The molecule has 2 aromatic rings. The molecule has 0 bridgehead atoms. The minimum absolute atomic E-state index is 0.0384. The van der Waals surface area contributed by atoms with Crippen molar-refractivity contribution in [2.45, 2.75) is 13.3 Å². The van der Waals surface area contributed by atoms with E-state index >= 15 is 0 Å². The van der Waals surface area contributed by atoms with Gasteiger partial charge in [0.1, 0.15) is 0 Å². The number of carbonyl (C=O) groups excluding carboxylic acids is 3. The van der Waals surface area contributed by atoms with Crippen molar-refractivity contribution in [2.24, 2.45) is 0 Å². The number of amides is 3. The number of imide groups is 1. The van der Waals surface area contributed by atoms with Crippen LogP contribution in [-0.4, -0.2) is 60.2 Å². The van der Waals surface area contributed by atoms with E-state index < -0.39 is 0 Å². The van der Waals surface area contributed by atoms with Crippen molar-refractivity contribution in [3.63, 3.8) is 0 Å². The van der Waals surface area contributed by atoms with E-state index in [4.69, 9.17) is 11.6 Å². The summed E-state index contributed by atoms with van der Waals surface area (Å²) in [6.45, 7) is 4.64. The number of carbonyl (C=O) groups is 3. The lowest BCUT2D eigenvalue weighted by Crippen LogP contribution is -2.49. The number of nitrogens with zero attached hydrogens (tertiary/aromatic N) is 3. The molecule has 7 heteroatoms. The van der Waals surface area contributed by atoms with Gasteiger partial charge in [-0.1, -0.05) is 29.3 Å². The Hall–Kier alpha value is -2.86. The maximum atomic E-state index is 12.6. The van der Waals surface area contributed by atoms with Crippen molar-refractivity contribution in [3.8, 4) is 0 Å². The molecule has 4 rings (SSSR count). The Morgan fingerprint density at radius 3 is 2.41 bits per heavy atom. The van der Waals surface area contributed by atoms with Crippen molar-refractivity contribution in [1.82, 2.24) is 9.80 Å². The molecular formula is C22H22ClN3O3. The summed E-state index contributed by atoms with van der Waals surface area (Å²) in [5, 5.41) is 0.692. The summed E-state index contributed by atoms with van der Waals surface area (Å²) in [5.41, 5.74) is 2.83. The van der Waals surface area contributed by atoms with Crippen LogP contribution in [0.2, 0.25) is 5.02 Å². The molecule has 0 saturated carbocycles. The molecule has 2 aliphatic heterocycles. The van der Waals surface area contributed by atoms with Gasteiger partial charge in [-0.3, -0.25) is 19.3 Å². The van der Waals surface area contributed by atoms with Crippen LogP contribution in [0, 0.1) is 6.92 Å². The van der Waals surface area contributed by atoms with Gasteiger partial charge in [0.2, 0.25) is 5.91 Å². The zero-order valence-corrected chi connectivity index (χ0v) is 17.0. The first-order valence-corrected chi connectivity index (χ1v) is 10.1. The molecule has 150 valence electrons. The van der Waals surface area contributed by atoms with E-state index in [0.29, 0.717) is 29.2 Å². The average Bonchev–Trinajstić information content (AvgIpc) is 2.96. The molecule has 29 heavy (non-hydrogen) atoms. The molecule has 3 amide bonds. The zero-order valence-electron chi connectivity index (χ0n) is 16.2. The highest BCUT2D eigenvalue weighted by Gasteiger charge is 2.35. The first kappa shape index (κ1) is 19.5. The number of rotatable bonds is 4. The smallest absolute Gasteiger partial charge is 0.261 e. The Bertz CT molecular complexity index is 983. The number of halogens is 1. The van der Waals surface area contributed by atoms with Crippen molar-refractivity contribution in [2.75, 3.05) is 37.6 Å². The van der Waals surface area contributed by atoms with Gasteiger partial charge in [-0.25, -0.2) is 0 Å². The van der Waals surface area contributed by atoms with E-state index in [0.717, 1.165) is 24.3 Å². The number of hydrogen-bond donors (Lipinski definition) is 0. The van der Waals surface area contributed by atoms with Crippen LogP contribution in [0.25, 0.3) is 0 Å². The van der Waals surface area contributed by atoms with Crippen LogP contribution >= 0.6 is 11.6 Å².